The van der Waals surface area contributed by atoms with Crippen molar-refractivity contribution in [2.45, 2.75) is 30.3 Å². The maximum atomic E-state index is 13.4. The summed E-state index contributed by atoms with van der Waals surface area (Å²) in [6.07, 6.45) is 2.12. The molecule has 0 saturated heterocycles. The molecule has 0 saturated carbocycles. The van der Waals surface area contributed by atoms with Crippen LogP contribution in [0.4, 0.5) is 5.69 Å². The largest absolute Gasteiger partial charge is 0.497 e. The Morgan fingerprint density at radius 3 is 2.76 bits per heavy atom. The van der Waals surface area contributed by atoms with E-state index in [1.807, 2.05) is 25.1 Å². The summed E-state index contributed by atoms with van der Waals surface area (Å²) in [7, 11) is 1.57. The van der Waals surface area contributed by atoms with Crippen LogP contribution in [0.2, 0.25) is 5.02 Å². The van der Waals surface area contributed by atoms with E-state index in [0.717, 1.165) is 5.56 Å². The van der Waals surface area contributed by atoms with E-state index in [4.69, 9.17) is 16.3 Å². The Bertz CT molecular complexity index is 1390. The Morgan fingerprint density at radius 2 is 2.00 bits per heavy atom. The number of thioether (sulfide) groups is 1. The summed E-state index contributed by atoms with van der Waals surface area (Å²) in [6, 6.07) is 17.9. The minimum atomic E-state index is -0.489. The van der Waals surface area contributed by atoms with Crippen molar-refractivity contribution in [3.8, 4) is 5.75 Å². The van der Waals surface area contributed by atoms with Crippen molar-refractivity contribution >= 4 is 46.0 Å². The Kier molecular flexibility index (Phi) is 7.49. The molecule has 0 aliphatic heterocycles. The molecule has 2 aromatic heterocycles. The van der Waals surface area contributed by atoms with Gasteiger partial charge in [-0.25, -0.2) is 9.97 Å². The maximum absolute atomic E-state index is 13.4. The molecule has 0 fully saturated rings. The number of hydrogen-bond donors (Lipinski definition) is 1. The zero-order valence-electron chi connectivity index (χ0n) is 18.7. The fourth-order valence-corrected chi connectivity index (χ4v) is 4.63. The topological polar surface area (TPSA) is 86.1 Å². The van der Waals surface area contributed by atoms with Crippen molar-refractivity contribution in [3.63, 3.8) is 0 Å². The number of anilines is 1. The second-order valence-corrected chi connectivity index (χ2v) is 9.06. The Balaban J connectivity index is 1.69. The van der Waals surface area contributed by atoms with E-state index in [1.165, 1.54) is 11.8 Å². The molecular weight excluding hydrogens is 472 g/mol. The number of pyridine rings is 1. The number of ether oxygens (including phenoxy) is 1. The van der Waals surface area contributed by atoms with Gasteiger partial charge in [0.2, 0.25) is 5.91 Å². The molecular formula is C25H23ClN4O3S. The summed E-state index contributed by atoms with van der Waals surface area (Å²) in [4.78, 5) is 35.4. The molecule has 174 valence electrons. The Hall–Kier alpha value is -3.36. The van der Waals surface area contributed by atoms with Gasteiger partial charge in [-0.3, -0.25) is 14.2 Å². The molecule has 4 rings (SSSR count). The third-order valence-corrected chi connectivity index (χ3v) is 6.95. The van der Waals surface area contributed by atoms with E-state index in [2.05, 4.69) is 15.3 Å². The van der Waals surface area contributed by atoms with Gasteiger partial charge in [0, 0.05) is 23.0 Å². The predicted molar refractivity (Wildman–Crippen MR) is 136 cm³/mol. The van der Waals surface area contributed by atoms with Crippen molar-refractivity contribution < 1.29 is 9.53 Å². The summed E-state index contributed by atoms with van der Waals surface area (Å²) in [6.45, 7) is 2.14. The van der Waals surface area contributed by atoms with Gasteiger partial charge in [0.1, 0.15) is 5.75 Å². The summed E-state index contributed by atoms with van der Waals surface area (Å²) in [5.41, 5.74) is 1.52. The van der Waals surface area contributed by atoms with E-state index < -0.39 is 5.25 Å². The Labute approximate surface area is 206 Å². The fourth-order valence-electron chi connectivity index (χ4n) is 3.44. The van der Waals surface area contributed by atoms with Crippen molar-refractivity contribution in [2.75, 3.05) is 12.4 Å². The smallest absolute Gasteiger partial charge is 0.263 e. The Morgan fingerprint density at radius 1 is 1.18 bits per heavy atom. The van der Waals surface area contributed by atoms with E-state index in [0.29, 0.717) is 39.1 Å². The SMILES string of the molecule is CC[C@H](Sc1nc2ncccc2c(=O)n1Cc1ccccc1Cl)C(=O)Nc1cccc(OC)c1. The van der Waals surface area contributed by atoms with Gasteiger partial charge >= 0.3 is 0 Å². The average Bonchev–Trinajstić information content (AvgIpc) is 2.85. The number of halogens is 1. The maximum Gasteiger partial charge on any atom is 0.263 e. The van der Waals surface area contributed by atoms with Gasteiger partial charge in [-0.2, -0.15) is 0 Å². The summed E-state index contributed by atoms with van der Waals surface area (Å²) in [5, 5.41) is 3.81. The molecule has 2 aromatic carbocycles. The molecule has 4 aromatic rings. The van der Waals surface area contributed by atoms with E-state index >= 15 is 0 Å². The van der Waals surface area contributed by atoms with Crippen LogP contribution in [0, 0.1) is 0 Å². The van der Waals surface area contributed by atoms with E-state index in [1.54, 1.807) is 60.3 Å². The summed E-state index contributed by atoms with van der Waals surface area (Å²) in [5.74, 6) is 0.453. The number of carbonyl (C=O) groups excluding carboxylic acids is 1. The highest BCUT2D eigenvalue weighted by atomic mass is 35.5. The number of fused-ring (bicyclic) bond motifs is 1. The molecule has 0 aliphatic rings. The number of hydrogen-bond acceptors (Lipinski definition) is 6. The lowest BCUT2D eigenvalue weighted by molar-refractivity contribution is -0.115. The van der Waals surface area contributed by atoms with Crippen LogP contribution in [0.3, 0.4) is 0 Å². The first-order valence-electron chi connectivity index (χ1n) is 10.7. The number of methoxy groups -OCH3 is 1. The quantitative estimate of drug-likeness (QED) is 0.273. The predicted octanol–water partition coefficient (Wildman–Crippen LogP) is 5.01. The molecule has 0 unspecified atom stereocenters. The molecule has 1 atom stereocenters. The van der Waals surface area contributed by atoms with Gasteiger partial charge in [-0.1, -0.05) is 54.6 Å². The molecule has 1 amide bonds. The zero-order chi connectivity index (χ0) is 24.1. The second kappa shape index (κ2) is 10.7. The van der Waals surface area contributed by atoms with E-state index in [9.17, 15) is 9.59 Å². The normalized spacial score (nSPS) is 11.9. The van der Waals surface area contributed by atoms with Gasteiger partial charge < -0.3 is 10.1 Å². The number of aromatic nitrogens is 3. The number of nitrogens with one attached hydrogen (secondary N) is 1. The molecule has 7 nitrogen and oxygen atoms in total. The molecule has 9 heteroatoms. The first-order chi connectivity index (χ1) is 16.5. The van der Waals surface area contributed by atoms with Crippen LogP contribution in [0.15, 0.2) is 76.8 Å². The standard InChI is InChI=1S/C25H23ClN4O3S/c1-3-21(23(31)28-17-9-6-10-18(14-17)33-2)34-25-29-22-19(11-7-13-27-22)24(32)30(25)15-16-8-4-5-12-20(16)26/h4-14,21H,3,15H2,1-2H3,(H,28,31)/t21-/m0/s1. The lowest BCUT2D eigenvalue weighted by atomic mass is 10.2. The van der Waals surface area contributed by atoms with Crippen LogP contribution in [0.25, 0.3) is 11.0 Å². The van der Waals surface area contributed by atoms with Crippen LogP contribution in [0.1, 0.15) is 18.9 Å². The minimum Gasteiger partial charge on any atom is -0.497 e. The summed E-state index contributed by atoms with van der Waals surface area (Å²) >= 11 is 7.60. The molecule has 0 radical (unpaired) electrons. The van der Waals surface area contributed by atoms with Gasteiger partial charge in [0.25, 0.3) is 5.56 Å². The highest BCUT2D eigenvalue weighted by molar-refractivity contribution is 8.00. The molecule has 0 aliphatic carbocycles. The molecule has 0 spiro atoms. The first kappa shape index (κ1) is 23.8. The van der Waals surface area contributed by atoms with Crippen LogP contribution in [0.5, 0.6) is 5.75 Å². The lowest BCUT2D eigenvalue weighted by Gasteiger charge is -2.18. The highest BCUT2D eigenvalue weighted by Gasteiger charge is 2.23. The second-order valence-electron chi connectivity index (χ2n) is 7.49. The molecule has 1 N–H and O–H groups in total. The first-order valence-corrected chi connectivity index (χ1v) is 12.0. The summed E-state index contributed by atoms with van der Waals surface area (Å²) < 4.78 is 6.79. The number of rotatable bonds is 8. The van der Waals surface area contributed by atoms with Crippen molar-refractivity contribution in [3.05, 3.63) is 87.8 Å². The van der Waals surface area contributed by atoms with Gasteiger partial charge in [-0.05, 0) is 42.3 Å². The third-order valence-electron chi connectivity index (χ3n) is 5.23. The number of benzene rings is 2. The molecule has 34 heavy (non-hydrogen) atoms. The molecule has 0 bridgehead atoms. The number of nitrogens with zero attached hydrogens (tertiary/aromatic N) is 3. The van der Waals surface area contributed by atoms with E-state index in [-0.39, 0.29) is 18.0 Å². The highest BCUT2D eigenvalue weighted by Crippen LogP contribution is 2.27. The number of amides is 1. The van der Waals surface area contributed by atoms with Gasteiger partial charge in [0.15, 0.2) is 10.8 Å². The van der Waals surface area contributed by atoms with Crippen LogP contribution >= 0.6 is 23.4 Å². The third kappa shape index (κ3) is 5.24. The van der Waals surface area contributed by atoms with Crippen LogP contribution < -0.4 is 15.6 Å². The zero-order valence-corrected chi connectivity index (χ0v) is 20.3. The van der Waals surface area contributed by atoms with Gasteiger partial charge in [0.05, 0.1) is 24.3 Å². The van der Waals surface area contributed by atoms with Crippen LogP contribution in [-0.4, -0.2) is 32.8 Å². The van der Waals surface area contributed by atoms with Crippen molar-refractivity contribution in [1.82, 2.24) is 14.5 Å². The minimum absolute atomic E-state index is 0.194. The van der Waals surface area contributed by atoms with Gasteiger partial charge in [-0.15, -0.1) is 0 Å². The van der Waals surface area contributed by atoms with Crippen molar-refractivity contribution in [1.29, 1.82) is 0 Å². The lowest BCUT2D eigenvalue weighted by Crippen LogP contribution is -2.28. The number of carbonyl (C=O) groups is 1. The average molecular weight is 495 g/mol. The van der Waals surface area contributed by atoms with Crippen molar-refractivity contribution in [2.24, 2.45) is 0 Å². The molecule has 2 heterocycles. The fraction of sp³-hybridized carbons (Fsp3) is 0.200. The van der Waals surface area contributed by atoms with Crippen LogP contribution in [-0.2, 0) is 11.3 Å². The monoisotopic (exact) mass is 494 g/mol.